The minimum absolute atomic E-state index is 0.111. The summed E-state index contributed by atoms with van der Waals surface area (Å²) in [7, 11) is 0. The van der Waals surface area contributed by atoms with E-state index in [0.717, 1.165) is 17.3 Å². The highest BCUT2D eigenvalue weighted by Gasteiger charge is 2.11. The highest BCUT2D eigenvalue weighted by atomic mass is 79.9. The van der Waals surface area contributed by atoms with E-state index in [0.29, 0.717) is 28.3 Å². The Morgan fingerprint density at radius 3 is 2.66 bits per heavy atom. The van der Waals surface area contributed by atoms with Gasteiger partial charge in [-0.25, -0.2) is 0 Å². The fourth-order valence-corrected chi connectivity index (χ4v) is 3.33. The molecular formula is C22H24BrN3O3. The molecule has 0 fully saturated rings. The molecule has 2 N–H and O–H groups in total. The lowest BCUT2D eigenvalue weighted by Gasteiger charge is -2.12. The number of rotatable bonds is 7. The molecule has 0 unspecified atom stereocenters. The quantitative estimate of drug-likeness (QED) is 0.519. The van der Waals surface area contributed by atoms with E-state index in [9.17, 15) is 9.59 Å². The summed E-state index contributed by atoms with van der Waals surface area (Å²) in [5, 5.41) is 1.06. The fraction of sp³-hybridized carbons (Fsp3) is 0.273. The van der Waals surface area contributed by atoms with E-state index in [1.54, 1.807) is 18.2 Å². The van der Waals surface area contributed by atoms with Crippen molar-refractivity contribution in [3.63, 3.8) is 0 Å². The van der Waals surface area contributed by atoms with Crippen molar-refractivity contribution >= 4 is 38.6 Å². The molecule has 7 heteroatoms. The Balaban J connectivity index is 1.53. The first-order valence-electron chi connectivity index (χ1n) is 9.49. The van der Waals surface area contributed by atoms with Gasteiger partial charge in [0, 0.05) is 17.3 Å². The van der Waals surface area contributed by atoms with Gasteiger partial charge < -0.3 is 9.30 Å². The molecule has 1 heterocycles. The van der Waals surface area contributed by atoms with Crippen LogP contribution in [0.2, 0.25) is 0 Å². The van der Waals surface area contributed by atoms with E-state index >= 15 is 0 Å². The largest absolute Gasteiger partial charge is 0.492 e. The molecule has 1 aromatic heterocycles. The van der Waals surface area contributed by atoms with Crippen molar-refractivity contribution in [2.24, 2.45) is 5.92 Å². The summed E-state index contributed by atoms with van der Waals surface area (Å²) < 4.78 is 8.25. The van der Waals surface area contributed by atoms with Crippen LogP contribution in [0.1, 0.15) is 30.6 Å². The molecule has 0 aliphatic rings. The number of aromatic nitrogens is 1. The Labute approximate surface area is 178 Å². The van der Waals surface area contributed by atoms with E-state index in [1.165, 1.54) is 0 Å². The summed E-state index contributed by atoms with van der Waals surface area (Å²) in [6.45, 7) is 5.00. The molecular weight excluding hydrogens is 434 g/mol. The SMILES string of the molecule is CC(C)CCOc1ccc(C(=O)NNC(=O)Cn2ccc3ccccc32)cc1Br. The first-order valence-corrected chi connectivity index (χ1v) is 10.3. The molecule has 0 atom stereocenters. The van der Waals surface area contributed by atoms with Crippen LogP contribution in [0.4, 0.5) is 0 Å². The predicted molar refractivity (Wildman–Crippen MR) is 117 cm³/mol. The lowest BCUT2D eigenvalue weighted by Crippen LogP contribution is -2.43. The third-order valence-corrected chi connectivity index (χ3v) is 5.08. The van der Waals surface area contributed by atoms with Crippen molar-refractivity contribution in [2.45, 2.75) is 26.8 Å². The number of benzene rings is 2. The first kappa shape index (κ1) is 20.9. The normalized spacial score (nSPS) is 10.9. The van der Waals surface area contributed by atoms with E-state index in [4.69, 9.17) is 4.74 Å². The van der Waals surface area contributed by atoms with Crippen molar-refractivity contribution in [2.75, 3.05) is 6.61 Å². The van der Waals surface area contributed by atoms with Gasteiger partial charge in [-0.3, -0.25) is 20.4 Å². The second-order valence-corrected chi connectivity index (χ2v) is 8.04. The van der Waals surface area contributed by atoms with Crippen LogP contribution in [0.3, 0.4) is 0 Å². The molecule has 2 amide bonds. The van der Waals surface area contributed by atoms with Gasteiger partial charge in [0.2, 0.25) is 0 Å². The predicted octanol–water partition coefficient (Wildman–Crippen LogP) is 4.29. The number of fused-ring (bicyclic) bond motifs is 1. The average Bonchev–Trinajstić information content (AvgIpc) is 3.10. The number of carbonyl (C=O) groups excluding carboxylic acids is 2. The van der Waals surface area contributed by atoms with Gasteiger partial charge in [-0.15, -0.1) is 0 Å². The van der Waals surface area contributed by atoms with Gasteiger partial charge in [0.25, 0.3) is 11.8 Å². The number of amides is 2. The number of nitrogens with zero attached hydrogens (tertiary/aromatic N) is 1. The van der Waals surface area contributed by atoms with Gasteiger partial charge in [0.1, 0.15) is 12.3 Å². The lowest BCUT2D eigenvalue weighted by molar-refractivity contribution is -0.122. The maximum absolute atomic E-state index is 12.3. The van der Waals surface area contributed by atoms with Crippen molar-refractivity contribution in [1.82, 2.24) is 15.4 Å². The zero-order chi connectivity index (χ0) is 20.8. The third kappa shape index (κ3) is 5.60. The topological polar surface area (TPSA) is 72.4 Å². The van der Waals surface area contributed by atoms with Crippen LogP contribution in [0.5, 0.6) is 5.75 Å². The Morgan fingerprint density at radius 1 is 1.10 bits per heavy atom. The van der Waals surface area contributed by atoms with E-state index in [-0.39, 0.29) is 12.5 Å². The molecule has 3 aromatic rings. The number of hydrogen-bond donors (Lipinski definition) is 2. The number of carbonyl (C=O) groups is 2. The second-order valence-electron chi connectivity index (χ2n) is 7.18. The molecule has 0 aliphatic heterocycles. The Morgan fingerprint density at radius 2 is 1.90 bits per heavy atom. The number of nitrogens with one attached hydrogen (secondary N) is 2. The number of halogens is 1. The third-order valence-electron chi connectivity index (χ3n) is 4.46. The monoisotopic (exact) mass is 457 g/mol. The Kier molecular flexibility index (Phi) is 6.93. The van der Waals surface area contributed by atoms with Crippen LogP contribution in [0.15, 0.2) is 59.2 Å². The second kappa shape index (κ2) is 9.60. The number of ether oxygens (including phenoxy) is 1. The zero-order valence-corrected chi connectivity index (χ0v) is 18.0. The van der Waals surface area contributed by atoms with Crippen molar-refractivity contribution in [3.8, 4) is 5.75 Å². The van der Waals surface area contributed by atoms with Crippen LogP contribution in [0, 0.1) is 5.92 Å². The molecule has 3 rings (SSSR count). The Bertz CT molecular complexity index is 1010. The van der Waals surface area contributed by atoms with Gasteiger partial charge in [-0.1, -0.05) is 32.0 Å². The smallest absolute Gasteiger partial charge is 0.269 e. The van der Waals surface area contributed by atoms with Crippen molar-refractivity contribution < 1.29 is 14.3 Å². The molecule has 29 heavy (non-hydrogen) atoms. The molecule has 0 saturated carbocycles. The van der Waals surface area contributed by atoms with E-state index in [2.05, 4.69) is 40.6 Å². The molecule has 0 spiro atoms. The molecule has 6 nitrogen and oxygen atoms in total. The van der Waals surface area contributed by atoms with Crippen LogP contribution < -0.4 is 15.6 Å². The summed E-state index contributed by atoms with van der Waals surface area (Å²) in [6.07, 6.45) is 2.80. The summed E-state index contributed by atoms with van der Waals surface area (Å²) in [5.41, 5.74) is 6.29. The summed E-state index contributed by atoms with van der Waals surface area (Å²) in [5.74, 6) is 0.537. The molecule has 0 bridgehead atoms. The molecule has 2 aromatic carbocycles. The van der Waals surface area contributed by atoms with Gasteiger partial charge in [0.05, 0.1) is 11.1 Å². The number of hydrogen-bond acceptors (Lipinski definition) is 3. The maximum Gasteiger partial charge on any atom is 0.269 e. The minimum atomic E-state index is -0.398. The van der Waals surface area contributed by atoms with Crippen LogP contribution in [-0.2, 0) is 11.3 Å². The van der Waals surface area contributed by atoms with Crippen molar-refractivity contribution in [1.29, 1.82) is 0 Å². The van der Waals surface area contributed by atoms with E-state index < -0.39 is 5.91 Å². The highest BCUT2D eigenvalue weighted by Crippen LogP contribution is 2.26. The number of para-hydroxylation sites is 1. The van der Waals surface area contributed by atoms with E-state index in [1.807, 2.05) is 41.1 Å². The van der Waals surface area contributed by atoms with Gasteiger partial charge in [-0.2, -0.15) is 0 Å². The lowest BCUT2D eigenvalue weighted by atomic mass is 10.1. The van der Waals surface area contributed by atoms with Crippen LogP contribution in [-0.4, -0.2) is 23.0 Å². The Hall–Kier alpha value is -2.80. The standard InChI is InChI=1S/C22H24BrN3O3/c1-15(2)10-12-29-20-8-7-17(13-18(20)23)22(28)25-24-21(27)14-26-11-9-16-5-3-4-6-19(16)26/h3-9,11,13,15H,10,12,14H2,1-2H3,(H,24,27)(H,25,28). The number of hydrazine groups is 1. The van der Waals surface area contributed by atoms with Crippen LogP contribution in [0.25, 0.3) is 10.9 Å². The summed E-state index contributed by atoms with van der Waals surface area (Å²) in [4.78, 5) is 24.5. The molecule has 0 aliphatic carbocycles. The minimum Gasteiger partial charge on any atom is -0.492 e. The maximum atomic E-state index is 12.3. The van der Waals surface area contributed by atoms with Gasteiger partial charge in [-0.05, 0) is 64.0 Å². The first-order chi connectivity index (χ1) is 13.9. The average molecular weight is 458 g/mol. The fourth-order valence-electron chi connectivity index (χ4n) is 2.84. The molecule has 0 radical (unpaired) electrons. The molecule has 0 saturated heterocycles. The van der Waals surface area contributed by atoms with Crippen LogP contribution >= 0.6 is 15.9 Å². The van der Waals surface area contributed by atoms with Crippen molar-refractivity contribution in [3.05, 3.63) is 64.8 Å². The zero-order valence-electron chi connectivity index (χ0n) is 16.4. The summed E-state index contributed by atoms with van der Waals surface area (Å²) in [6, 6.07) is 14.8. The summed E-state index contributed by atoms with van der Waals surface area (Å²) >= 11 is 3.43. The van der Waals surface area contributed by atoms with Gasteiger partial charge >= 0.3 is 0 Å². The van der Waals surface area contributed by atoms with Gasteiger partial charge in [0.15, 0.2) is 0 Å². The molecule has 152 valence electrons. The highest BCUT2D eigenvalue weighted by molar-refractivity contribution is 9.10.